The lowest BCUT2D eigenvalue weighted by atomic mass is 10.0. The molecule has 1 atom stereocenters. The van der Waals surface area contributed by atoms with Crippen LogP contribution in [-0.4, -0.2) is 70.6 Å². The van der Waals surface area contributed by atoms with Gasteiger partial charge in [-0.3, -0.25) is 24.6 Å². The van der Waals surface area contributed by atoms with Crippen LogP contribution in [0.5, 0.6) is 0 Å². The number of nitrogens with zero attached hydrogens (tertiary/aromatic N) is 2. The van der Waals surface area contributed by atoms with Crippen molar-refractivity contribution in [2.75, 3.05) is 31.9 Å². The van der Waals surface area contributed by atoms with Crippen LogP contribution in [0.2, 0.25) is 0 Å². The fourth-order valence-electron chi connectivity index (χ4n) is 3.87. The Balaban J connectivity index is 1.53. The van der Waals surface area contributed by atoms with Gasteiger partial charge in [-0.2, -0.15) is 0 Å². The first-order valence-corrected chi connectivity index (χ1v) is 11.1. The van der Waals surface area contributed by atoms with Gasteiger partial charge in [0.2, 0.25) is 0 Å². The first kappa shape index (κ1) is 25.2. The molecule has 1 fully saturated rings. The number of nitrogens with two attached hydrogens (primary N) is 2. The van der Waals surface area contributed by atoms with Crippen LogP contribution in [0, 0.1) is 5.41 Å². The highest BCUT2D eigenvalue weighted by Crippen LogP contribution is 2.27. The van der Waals surface area contributed by atoms with Gasteiger partial charge in [-0.25, -0.2) is 0 Å². The Labute approximate surface area is 202 Å². The molecule has 11 heteroatoms. The standard InChI is InChI=1S/C24H28N6O5/c25-18-8-6-15(7-9-18)19(14-20(31)32)30-13-12-29(23(34)24(30)35)11-1-10-28-22(33)17-4-2-16(3-5-17)21(26)27/h2-9,19H,1,10-14,25H2,(H3,26,27)(H,28,33)(H,31,32). The van der Waals surface area contributed by atoms with E-state index in [1.54, 1.807) is 48.5 Å². The van der Waals surface area contributed by atoms with Crippen molar-refractivity contribution in [3.05, 3.63) is 65.2 Å². The molecule has 0 spiro atoms. The van der Waals surface area contributed by atoms with Crippen LogP contribution in [0.15, 0.2) is 48.5 Å². The summed E-state index contributed by atoms with van der Waals surface area (Å²) in [6.07, 6.45) is 0.106. The molecular weight excluding hydrogens is 452 g/mol. The van der Waals surface area contributed by atoms with Gasteiger partial charge in [-0.1, -0.05) is 24.3 Å². The van der Waals surface area contributed by atoms with Crippen molar-refractivity contribution in [3.63, 3.8) is 0 Å². The number of rotatable bonds is 10. The van der Waals surface area contributed by atoms with Crippen LogP contribution in [-0.2, 0) is 14.4 Å². The number of carboxylic acids is 1. The highest BCUT2D eigenvalue weighted by atomic mass is 16.4. The number of piperazine rings is 1. The lowest BCUT2D eigenvalue weighted by molar-refractivity contribution is -0.159. The molecule has 1 unspecified atom stereocenters. The van der Waals surface area contributed by atoms with Gasteiger partial charge in [0, 0.05) is 43.0 Å². The number of aliphatic carboxylic acids is 1. The Kier molecular flexibility index (Phi) is 8.03. The maximum atomic E-state index is 12.8. The highest BCUT2D eigenvalue weighted by molar-refractivity contribution is 6.35. The Hall–Kier alpha value is -4.41. The van der Waals surface area contributed by atoms with Crippen molar-refractivity contribution in [2.45, 2.75) is 18.9 Å². The third kappa shape index (κ3) is 6.34. The molecule has 1 aliphatic heterocycles. The summed E-state index contributed by atoms with van der Waals surface area (Å²) in [6, 6.07) is 12.1. The van der Waals surface area contributed by atoms with Crippen molar-refractivity contribution < 1.29 is 24.3 Å². The summed E-state index contributed by atoms with van der Waals surface area (Å²) in [7, 11) is 0. The van der Waals surface area contributed by atoms with Crippen molar-refractivity contribution in [2.24, 2.45) is 5.73 Å². The van der Waals surface area contributed by atoms with Gasteiger partial charge in [0.1, 0.15) is 5.84 Å². The minimum absolute atomic E-state index is 0.0842. The number of nitrogen functional groups attached to an aromatic ring is 2. The SMILES string of the molecule is N=C(N)c1ccc(C(=O)NCCCN2CCN(C(CC(=O)O)c3ccc(N)cc3)C(=O)C2=O)cc1. The van der Waals surface area contributed by atoms with Crippen LogP contribution in [0.4, 0.5) is 5.69 Å². The largest absolute Gasteiger partial charge is 0.481 e. The van der Waals surface area contributed by atoms with E-state index in [1.165, 1.54) is 9.80 Å². The zero-order valence-electron chi connectivity index (χ0n) is 19.1. The Morgan fingerprint density at radius 3 is 2.23 bits per heavy atom. The molecule has 11 nitrogen and oxygen atoms in total. The quantitative estimate of drug-likeness (QED) is 0.108. The van der Waals surface area contributed by atoms with Gasteiger partial charge in [-0.05, 0) is 36.2 Å². The summed E-state index contributed by atoms with van der Waals surface area (Å²) in [4.78, 5) is 51.9. The predicted molar refractivity (Wildman–Crippen MR) is 129 cm³/mol. The zero-order valence-corrected chi connectivity index (χ0v) is 19.1. The number of amidine groups is 1. The van der Waals surface area contributed by atoms with Crippen LogP contribution in [0.1, 0.15) is 40.4 Å². The minimum Gasteiger partial charge on any atom is -0.481 e. The van der Waals surface area contributed by atoms with Gasteiger partial charge in [0.15, 0.2) is 0 Å². The first-order valence-electron chi connectivity index (χ1n) is 11.1. The third-order valence-electron chi connectivity index (χ3n) is 5.76. The molecule has 35 heavy (non-hydrogen) atoms. The van der Waals surface area contributed by atoms with Crippen LogP contribution < -0.4 is 16.8 Å². The van der Waals surface area contributed by atoms with E-state index in [0.717, 1.165) is 0 Å². The third-order valence-corrected chi connectivity index (χ3v) is 5.76. The van der Waals surface area contributed by atoms with E-state index in [1.807, 2.05) is 0 Å². The number of benzene rings is 2. The van der Waals surface area contributed by atoms with E-state index < -0.39 is 23.8 Å². The van der Waals surface area contributed by atoms with Crippen molar-refractivity contribution in [1.29, 1.82) is 5.41 Å². The number of hydrogen-bond acceptors (Lipinski definition) is 6. The number of carboxylic acid groups (broad SMARTS) is 1. The second kappa shape index (κ2) is 11.1. The molecule has 184 valence electrons. The summed E-state index contributed by atoms with van der Waals surface area (Å²) in [5.74, 6) is -2.92. The van der Waals surface area contributed by atoms with Crippen LogP contribution >= 0.6 is 0 Å². The molecule has 3 rings (SSSR count). The summed E-state index contributed by atoms with van der Waals surface area (Å²) in [5, 5.41) is 19.5. The topological polar surface area (TPSA) is 183 Å². The molecular formula is C24H28N6O5. The second-order valence-electron chi connectivity index (χ2n) is 8.17. The van der Waals surface area contributed by atoms with Crippen molar-refractivity contribution >= 4 is 35.2 Å². The zero-order chi connectivity index (χ0) is 25.5. The molecule has 3 amide bonds. The average molecular weight is 481 g/mol. The number of anilines is 1. The van der Waals surface area contributed by atoms with Gasteiger partial charge in [0.25, 0.3) is 5.91 Å². The number of nitrogens with one attached hydrogen (secondary N) is 2. The first-order chi connectivity index (χ1) is 16.7. The molecule has 0 bridgehead atoms. The molecule has 0 aromatic heterocycles. The molecule has 1 aliphatic rings. The predicted octanol–water partition coefficient (Wildman–Crippen LogP) is 0.560. The van der Waals surface area contributed by atoms with E-state index in [0.29, 0.717) is 35.3 Å². The summed E-state index contributed by atoms with van der Waals surface area (Å²) in [6.45, 7) is 1.02. The van der Waals surface area contributed by atoms with Crippen molar-refractivity contribution in [3.8, 4) is 0 Å². The second-order valence-corrected chi connectivity index (χ2v) is 8.17. The fraction of sp³-hybridized carbons (Fsp3) is 0.292. The molecule has 0 radical (unpaired) electrons. The van der Waals surface area contributed by atoms with Crippen LogP contribution in [0.25, 0.3) is 0 Å². The van der Waals surface area contributed by atoms with E-state index in [9.17, 15) is 24.3 Å². The number of carbonyl (C=O) groups is 4. The molecule has 2 aromatic carbocycles. The maximum absolute atomic E-state index is 12.8. The smallest absolute Gasteiger partial charge is 0.312 e. The maximum Gasteiger partial charge on any atom is 0.312 e. The Bertz CT molecular complexity index is 1120. The lowest BCUT2D eigenvalue weighted by Gasteiger charge is -2.38. The summed E-state index contributed by atoms with van der Waals surface area (Å²) in [5.41, 5.74) is 13.1. The minimum atomic E-state index is -1.08. The molecule has 0 saturated carbocycles. The van der Waals surface area contributed by atoms with Gasteiger partial charge < -0.3 is 31.7 Å². The molecule has 1 saturated heterocycles. The van der Waals surface area contributed by atoms with E-state index in [2.05, 4.69) is 5.32 Å². The van der Waals surface area contributed by atoms with E-state index in [-0.39, 0.29) is 37.8 Å². The lowest BCUT2D eigenvalue weighted by Crippen LogP contribution is -2.55. The van der Waals surface area contributed by atoms with Gasteiger partial charge >= 0.3 is 17.8 Å². The Morgan fingerprint density at radius 2 is 1.63 bits per heavy atom. The van der Waals surface area contributed by atoms with Gasteiger partial charge in [0.05, 0.1) is 12.5 Å². The highest BCUT2D eigenvalue weighted by Gasteiger charge is 2.37. The normalized spacial score (nSPS) is 14.5. The monoisotopic (exact) mass is 480 g/mol. The molecule has 7 N–H and O–H groups in total. The summed E-state index contributed by atoms with van der Waals surface area (Å²) < 4.78 is 0. The van der Waals surface area contributed by atoms with E-state index >= 15 is 0 Å². The fourth-order valence-corrected chi connectivity index (χ4v) is 3.87. The molecule has 2 aromatic rings. The molecule has 1 heterocycles. The number of hydrogen-bond donors (Lipinski definition) is 5. The average Bonchev–Trinajstić information content (AvgIpc) is 2.83. The molecule has 0 aliphatic carbocycles. The van der Waals surface area contributed by atoms with Crippen LogP contribution in [0.3, 0.4) is 0 Å². The number of carbonyl (C=O) groups excluding carboxylic acids is 3. The van der Waals surface area contributed by atoms with Crippen molar-refractivity contribution in [1.82, 2.24) is 15.1 Å². The number of amides is 3. The Morgan fingerprint density at radius 1 is 1.00 bits per heavy atom. The van der Waals surface area contributed by atoms with Gasteiger partial charge in [-0.15, -0.1) is 0 Å². The summed E-state index contributed by atoms with van der Waals surface area (Å²) >= 11 is 0. The van der Waals surface area contributed by atoms with E-state index in [4.69, 9.17) is 16.9 Å².